The molecule has 0 spiro atoms. The van der Waals surface area contributed by atoms with E-state index in [-0.39, 0.29) is 8.46 Å². The molecule has 0 atom stereocenters. The molecule has 0 saturated heterocycles. The fraction of sp³-hybridized carbons (Fsp3) is 0. The molecule has 0 aliphatic heterocycles. The predicted molar refractivity (Wildman–Crippen MR) is 29.3 cm³/mol. The van der Waals surface area contributed by atoms with Crippen molar-refractivity contribution in [2.45, 2.75) is 0 Å². The molecule has 1 aromatic heterocycles. The monoisotopic (exact) mass is 126 g/mol. The van der Waals surface area contributed by atoms with Crippen LogP contribution < -0.4 is 5.57 Å². The number of hydrogen-bond acceptors (Lipinski definition) is 3. The highest BCUT2D eigenvalue weighted by molar-refractivity contribution is 7.33. The van der Waals surface area contributed by atoms with E-state index in [1.54, 1.807) is 18.5 Å². The third kappa shape index (κ3) is 1.07. The third-order valence-electron chi connectivity index (χ3n) is 0.634. The number of hydrogen-bond donors (Lipinski definition) is 0. The first-order chi connectivity index (χ1) is 3.93. The molecular formula is C4H3N2OP. The Kier molecular flexibility index (Phi) is 1.65. The van der Waals surface area contributed by atoms with E-state index in [1.165, 1.54) is 0 Å². The van der Waals surface area contributed by atoms with Gasteiger partial charge in [-0.2, -0.15) is 0 Å². The van der Waals surface area contributed by atoms with Gasteiger partial charge in [-0.05, 0) is 6.07 Å². The van der Waals surface area contributed by atoms with Crippen LogP contribution in [-0.4, -0.2) is 9.97 Å². The summed E-state index contributed by atoms with van der Waals surface area (Å²) in [6.45, 7) is 0. The minimum Gasteiger partial charge on any atom is -0.266 e. The fourth-order valence-corrected chi connectivity index (χ4v) is 0.566. The zero-order valence-corrected chi connectivity index (χ0v) is 4.88. The van der Waals surface area contributed by atoms with Crippen LogP contribution in [-0.2, 0) is 4.57 Å². The highest BCUT2D eigenvalue weighted by atomic mass is 31.1. The quantitative estimate of drug-likeness (QED) is 0.511. The number of aromatic nitrogens is 2. The van der Waals surface area contributed by atoms with Gasteiger partial charge in [-0.1, -0.05) is 0 Å². The van der Waals surface area contributed by atoms with Crippen molar-refractivity contribution in [2.24, 2.45) is 0 Å². The highest BCUT2D eigenvalue weighted by Gasteiger charge is 1.85. The van der Waals surface area contributed by atoms with Crippen LogP contribution in [0.15, 0.2) is 18.5 Å². The lowest BCUT2D eigenvalue weighted by Gasteiger charge is -1.79. The van der Waals surface area contributed by atoms with Crippen molar-refractivity contribution in [1.82, 2.24) is 9.97 Å². The molecule has 0 bridgehead atoms. The molecule has 0 fully saturated rings. The molecule has 1 rings (SSSR count). The van der Waals surface area contributed by atoms with Crippen LogP contribution in [0.3, 0.4) is 0 Å². The lowest BCUT2D eigenvalue weighted by atomic mass is 10.7. The van der Waals surface area contributed by atoms with Crippen LogP contribution in [0.4, 0.5) is 0 Å². The SMILES string of the molecule is O=Pc1ncccn1. The summed E-state index contributed by atoms with van der Waals surface area (Å²) in [5, 5.41) is 0. The maximum absolute atomic E-state index is 9.98. The molecular weight excluding hydrogens is 123 g/mol. The second-order valence-electron chi connectivity index (χ2n) is 1.14. The second-order valence-corrected chi connectivity index (χ2v) is 1.72. The van der Waals surface area contributed by atoms with E-state index in [1.807, 2.05) is 0 Å². The molecule has 0 N–H and O–H groups in total. The Bertz CT molecular complexity index is 177. The summed E-state index contributed by atoms with van der Waals surface area (Å²) in [6.07, 6.45) is 3.10. The van der Waals surface area contributed by atoms with Crippen molar-refractivity contribution in [3.63, 3.8) is 0 Å². The largest absolute Gasteiger partial charge is 0.266 e. The summed E-state index contributed by atoms with van der Waals surface area (Å²) in [5.41, 5.74) is 0.326. The average Bonchev–Trinajstić information content (AvgIpc) is 1.90. The zero-order chi connectivity index (χ0) is 5.82. The Morgan fingerprint density at radius 1 is 1.38 bits per heavy atom. The standard InChI is InChI=1S/C4H3N2OP/c7-8-4-5-2-1-3-6-4/h1-3H. The second kappa shape index (κ2) is 2.48. The van der Waals surface area contributed by atoms with Crippen molar-refractivity contribution in [3.05, 3.63) is 18.5 Å². The molecule has 0 saturated carbocycles. The Balaban J connectivity index is 2.99. The molecule has 40 valence electrons. The van der Waals surface area contributed by atoms with E-state index in [4.69, 9.17) is 0 Å². The summed E-state index contributed by atoms with van der Waals surface area (Å²) < 4.78 is 9.98. The summed E-state index contributed by atoms with van der Waals surface area (Å²) in [7, 11) is -0.123. The van der Waals surface area contributed by atoms with Crippen LogP contribution in [0.1, 0.15) is 0 Å². The van der Waals surface area contributed by atoms with Gasteiger partial charge in [0.15, 0.2) is 0 Å². The van der Waals surface area contributed by atoms with Crippen LogP contribution in [0.25, 0.3) is 0 Å². The first kappa shape index (κ1) is 5.32. The van der Waals surface area contributed by atoms with Crippen LogP contribution in [0, 0.1) is 0 Å². The normalized spacial score (nSPS) is 9.50. The van der Waals surface area contributed by atoms with E-state index >= 15 is 0 Å². The molecule has 8 heavy (non-hydrogen) atoms. The Morgan fingerprint density at radius 2 is 2.00 bits per heavy atom. The zero-order valence-electron chi connectivity index (χ0n) is 3.98. The van der Waals surface area contributed by atoms with E-state index < -0.39 is 0 Å². The molecule has 3 nitrogen and oxygen atoms in total. The van der Waals surface area contributed by atoms with E-state index in [0.29, 0.717) is 5.57 Å². The predicted octanol–water partition coefficient (Wildman–Crippen LogP) is 0.394. The van der Waals surface area contributed by atoms with Crippen LogP contribution in [0.5, 0.6) is 0 Å². The van der Waals surface area contributed by atoms with Gasteiger partial charge in [-0.25, -0.2) is 9.97 Å². The number of rotatable bonds is 1. The Labute approximate surface area is 48.0 Å². The number of nitrogens with zero attached hydrogens (tertiary/aromatic N) is 2. The minimum absolute atomic E-state index is 0.123. The molecule has 0 unspecified atom stereocenters. The van der Waals surface area contributed by atoms with E-state index in [9.17, 15) is 4.57 Å². The van der Waals surface area contributed by atoms with Gasteiger partial charge in [0.05, 0.1) is 0 Å². The lowest BCUT2D eigenvalue weighted by Crippen LogP contribution is -2.00. The maximum Gasteiger partial charge on any atom is 0.233 e. The van der Waals surface area contributed by atoms with Gasteiger partial charge in [0.25, 0.3) is 0 Å². The van der Waals surface area contributed by atoms with E-state index in [0.717, 1.165) is 0 Å². The van der Waals surface area contributed by atoms with Crippen molar-refractivity contribution in [2.75, 3.05) is 0 Å². The van der Waals surface area contributed by atoms with Gasteiger partial charge in [-0.3, -0.25) is 4.57 Å². The molecule has 0 amide bonds. The van der Waals surface area contributed by atoms with Gasteiger partial charge in [0.1, 0.15) is 0 Å². The van der Waals surface area contributed by atoms with Gasteiger partial charge in [-0.15, -0.1) is 0 Å². The van der Waals surface area contributed by atoms with Crippen LogP contribution >= 0.6 is 8.46 Å². The average molecular weight is 126 g/mol. The van der Waals surface area contributed by atoms with Crippen molar-refractivity contribution in [1.29, 1.82) is 0 Å². The van der Waals surface area contributed by atoms with Crippen molar-refractivity contribution in [3.8, 4) is 0 Å². The molecule has 0 radical (unpaired) electrons. The fourth-order valence-electron chi connectivity index (χ4n) is 0.338. The Morgan fingerprint density at radius 3 is 2.38 bits per heavy atom. The van der Waals surface area contributed by atoms with Crippen molar-refractivity contribution >= 4 is 14.0 Å². The Hall–Kier alpha value is -0.820. The van der Waals surface area contributed by atoms with Gasteiger partial charge in [0, 0.05) is 12.4 Å². The minimum atomic E-state index is -0.123. The first-order valence-corrected chi connectivity index (χ1v) is 2.85. The molecule has 1 heterocycles. The highest BCUT2D eigenvalue weighted by Crippen LogP contribution is 1.83. The molecule has 1 aromatic rings. The molecule has 0 aromatic carbocycles. The summed E-state index contributed by atoms with van der Waals surface area (Å²) >= 11 is 0. The van der Waals surface area contributed by atoms with Crippen LogP contribution in [0.2, 0.25) is 0 Å². The maximum atomic E-state index is 9.98. The first-order valence-electron chi connectivity index (χ1n) is 2.04. The summed E-state index contributed by atoms with van der Waals surface area (Å²) in [4.78, 5) is 7.32. The molecule has 0 aliphatic rings. The lowest BCUT2D eigenvalue weighted by molar-refractivity contribution is 0.602. The van der Waals surface area contributed by atoms with Crippen molar-refractivity contribution < 1.29 is 4.57 Å². The summed E-state index contributed by atoms with van der Waals surface area (Å²) in [5.74, 6) is 0. The van der Waals surface area contributed by atoms with Gasteiger partial charge >= 0.3 is 0 Å². The third-order valence-corrected chi connectivity index (χ3v) is 1.03. The topological polar surface area (TPSA) is 42.9 Å². The van der Waals surface area contributed by atoms with E-state index in [2.05, 4.69) is 9.97 Å². The smallest absolute Gasteiger partial charge is 0.233 e. The van der Waals surface area contributed by atoms with Gasteiger partial charge in [0.2, 0.25) is 14.0 Å². The summed E-state index contributed by atoms with van der Waals surface area (Å²) in [6, 6.07) is 1.68. The molecule has 0 aliphatic carbocycles. The molecule has 4 heteroatoms. The van der Waals surface area contributed by atoms with Gasteiger partial charge < -0.3 is 0 Å².